The predicted octanol–water partition coefficient (Wildman–Crippen LogP) is 6.76. The van der Waals surface area contributed by atoms with Gasteiger partial charge in [0.2, 0.25) is 0 Å². The second-order valence-corrected chi connectivity index (χ2v) is 13.8. The summed E-state index contributed by atoms with van der Waals surface area (Å²) in [5.74, 6) is 0.246. The molecule has 168 valence electrons. The molecule has 32 heavy (non-hydrogen) atoms. The summed E-state index contributed by atoms with van der Waals surface area (Å²) < 4.78 is 11.8. The fourth-order valence-electron chi connectivity index (χ4n) is 4.09. The highest BCUT2D eigenvalue weighted by molar-refractivity contribution is 8.31. The molecule has 0 bridgehead atoms. The Labute approximate surface area is 207 Å². The number of Topliss-reactive ketones (excluding diaryl/α,β-unsaturated/α-hetero) is 2. The van der Waals surface area contributed by atoms with Gasteiger partial charge in [-0.15, -0.1) is 0 Å². The molecule has 0 N–H and O–H groups in total. The van der Waals surface area contributed by atoms with E-state index in [9.17, 15) is 13.8 Å². The van der Waals surface area contributed by atoms with Gasteiger partial charge in [-0.1, -0.05) is 64.3 Å². The lowest BCUT2D eigenvalue weighted by Crippen LogP contribution is -2.28. The molecular formula is C24H22Cl2O3S3. The van der Waals surface area contributed by atoms with Gasteiger partial charge in [-0.05, 0) is 60.6 Å². The van der Waals surface area contributed by atoms with Gasteiger partial charge in [-0.2, -0.15) is 0 Å². The Balaban J connectivity index is 1.81. The standard InChI is InChI=1S/C24H22Cl2O3S3/c1-24(2)12-13-32(31-29)23-17(24)11-10-16(21(23)26)22(28)20-18(27)4-3-5-19(20)30-15-8-6-14(25)7-9-15/h6-11H,3-5,12-13H2,1-2H3. The summed E-state index contributed by atoms with van der Waals surface area (Å²) >= 11 is 14.2. The normalized spacial score (nSPS) is 20.1. The van der Waals surface area contributed by atoms with Crippen molar-refractivity contribution in [3.05, 3.63) is 68.0 Å². The minimum atomic E-state index is -0.610. The Morgan fingerprint density at radius 1 is 1.06 bits per heavy atom. The minimum absolute atomic E-state index is 0.116. The Morgan fingerprint density at radius 3 is 2.47 bits per heavy atom. The maximum Gasteiger partial charge on any atom is 0.198 e. The molecule has 0 aromatic heterocycles. The molecule has 1 atom stereocenters. The molecule has 0 amide bonds. The van der Waals surface area contributed by atoms with E-state index in [1.807, 2.05) is 18.2 Å². The van der Waals surface area contributed by atoms with E-state index >= 15 is 0 Å². The lowest BCUT2D eigenvalue weighted by molar-refractivity contribution is -0.115. The third kappa shape index (κ3) is 4.58. The van der Waals surface area contributed by atoms with E-state index in [0.717, 1.165) is 32.4 Å². The van der Waals surface area contributed by atoms with Crippen molar-refractivity contribution in [2.45, 2.75) is 54.7 Å². The SMILES string of the molecule is CC1(C)CCS(=S=O)c2c1ccc(C(=O)C1=C(Sc3ccc(Cl)cc3)CCCC1=O)c2Cl. The van der Waals surface area contributed by atoms with Crippen molar-refractivity contribution in [1.82, 2.24) is 0 Å². The number of fused-ring (bicyclic) bond motifs is 1. The first-order chi connectivity index (χ1) is 15.2. The molecule has 1 aliphatic carbocycles. The predicted molar refractivity (Wildman–Crippen MR) is 135 cm³/mol. The van der Waals surface area contributed by atoms with Gasteiger partial charge in [-0.3, -0.25) is 9.59 Å². The number of carbonyl (C=O) groups is 2. The van der Waals surface area contributed by atoms with Crippen LogP contribution in [0, 0.1) is 0 Å². The number of carbonyl (C=O) groups excluding carboxylic acids is 2. The first-order valence-electron chi connectivity index (χ1n) is 10.3. The van der Waals surface area contributed by atoms with Crippen molar-refractivity contribution in [3.63, 3.8) is 0 Å². The molecule has 2 aromatic rings. The molecule has 0 spiro atoms. The van der Waals surface area contributed by atoms with Crippen molar-refractivity contribution < 1.29 is 13.8 Å². The molecule has 0 saturated heterocycles. The van der Waals surface area contributed by atoms with Crippen molar-refractivity contribution in [3.8, 4) is 0 Å². The average Bonchev–Trinajstić information content (AvgIpc) is 2.76. The fraction of sp³-hybridized carbons (Fsp3) is 0.333. The molecule has 3 nitrogen and oxygen atoms in total. The Bertz CT molecular complexity index is 1210. The second-order valence-electron chi connectivity index (χ2n) is 8.52. The fourth-order valence-corrected chi connectivity index (χ4v) is 9.11. The van der Waals surface area contributed by atoms with E-state index in [1.54, 1.807) is 18.2 Å². The molecule has 1 heterocycles. The lowest BCUT2D eigenvalue weighted by atomic mass is 9.81. The van der Waals surface area contributed by atoms with Crippen LogP contribution >= 0.6 is 35.0 Å². The quantitative estimate of drug-likeness (QED) is 0.327. The van der Waals surface area contributed by atoms with Gasteiger partial charge in [0.1, 0.15) is 10.2 Å². The number of thioether (sulfide) groups is 1. The zero-order chi connectivity index (χ0) is 23.0. The van der Waals surface area contributed by atoms with Crippen molar-refractivity contribution >= 4 is 66.2 Å². The first kappa shape index (κ1) is 24.0. The Morgan fingerprint density at radius 2 is 1.78 bits per heavy atom. The van der Waals surface area contributed by atoms with E-state index in [-0.39, 0.29) is 22.6 Å². The molecule has 8 heteroatoms. The number of ketones is 2. The third-order valence-corrected chi connectivity index (χ3v) is 11.0. The molecule has 0 radical (unpaired) electrons. The van der Waals surface area contributed by atoms with E-state index in [1.165, 1.54) is 11.8 Å². The number of benzene rings is 2. The number of allylic oxidation sites excluding steroid dienone is 2. The average molecular weight is 526 g/mol. The van der Waals surface area contributed by atoms with Crippen LogP contribution < -0.4 is 0 Å². The summed E-state index contributed by atoms with van der Waals surface area (Å²) in [6.07, 6.45) is 2.63. The van der Waals surface area contributed by atoms with E-state index in [2.05, 4.69) is 13.8 Å². The van der Waals surface area contributed by atoms with Gasteiger partial charge in [-0.25, -0.2) is 4.21 Å². The van der Waals surface area contributed by atoms with Gasteiger partial charge in [0.25, 0.3) is 0 Å². The number of hydrogen-bond donors (Lipinski definition) is 0. The first-order valence-corrected chi connectivity index (χ1v) is 14.5. The maximum absolute atomic E-state index is 13.6. The Kier molecular flexibility index (Phi) is 7.18. The van der Waals surface area contributed by atoms with Crippen molar-refractivity contribution in [2.75, 3.05) is 5.75 Å². The highest BCUT2D eigenvalue weighted by Crippen LogP contribution is 2.43. The van der Waals surface area contributed by atoms with Gasteiger partial charge in [0.05, 0.1) is 10.6 Å². The zero-order valence-electron chi connectivity index (χ0n) is 17.7. The van der Waals surface area contributed by atoms with Crippen LogP contribution in [0.15, 0.2) is 56.7 Å². The largest absolute Gasteiger partial charge is 0.294 e. The third-order valence-electron chi connectivity index (χ3n) is 5.94. The Hall–Kier alpha value is -1.18. The van der Waals surface area contributed by atoms with Crippen molar-refractivity contribution in [1.29, 1.82) is 0 Å². The molecular weight excluding hydrogens is 503 g/mol. The summed E-state index contributed by atoms with van der Waals surface area (Å²) in [5.41, 5.74) is 1.45. The molecule has 0 saturated carbocycles. The van der Waals surface area contributed by atoms with Gasteiger partial charge in [0.15, 0.2) is 11.6 Å². The van der Waals surface area contributed by atoms with Crippen LogP contribution in [0.5, 0.6) is 0 Å². The van der Waals surface area contributed by atoms with E-state index in [4.69, 9.17) is 23.2 Å². The van der Waals surface area contributed by atoms with Crippen LogP contribution in [0.1, 0.15) is 55.5 Å². The number of halogens is 2. The van der Waals surface area contributed by atoms with Crippen LogP contribution in [-0.4, -0.2) is 21.5 Å². The lowest BCUT2D eigenvalue weighted by Gasteiger charge is -2.34. The van der Waals surface area contributed by atoms with Gasteiger partial charge in [0, 0.05) is 37.5 Å². The summed E-state index contributed by atoms with van der Waals surface area (Å²) in [7, 11) is -0.0580. The van der Waals surface area contributed by atoms with Crippen LogP contribution in [0.4, 0.5) is 0 Å². The maximum atomic E-state index is 13.6. The molecule has 0 fully saturated rings. The van der Waals surface area contributed by atoms with Crippen LogP contribution in [-0.2, 0) is 29.9 Å². The molecule has 4 rings (SSSR count). The minimum Gasteiger partial charge on any atom is -0.294 e. The zero-order valence-corrected chi connectivity index (χ0v) is 21.7. The molecule has 2 aromatic carbocycles. The highest BCUT2D eigenvalue weighted by Gasteiger charge is 2.35. The van der Waals surface area contributed by atoms with Gasteiger partial charge < -0.3 is 0 Å². The highest BCUT2D eigenvalue weighted by atomic mass is 35.5. The van der Waals surface area contributed by atoms with Crippen LogP contribution in [0.3, 0.4) is 0 Å². The summed E-state index contributed by atoms with van der Waals surface area (Å²) in [5, 5.41) is 0.962. The number of hydrogen-bond acceptors (Lipinski definition) is 4. The van der Waals surface area contributed by atoms with E-state index < -0.39 is 9.45 Å². The molecule has 2 aliphatic rings. The number of rotatable bonds is 4. The van der Waals surface area contributed by atoms with E-state index in [0.29, 0.717) is 45.1 Å². The second kappa shape index (κ2) is 9.59. The topological polar surface area (TPSA) is 51.2 Å². The van der Waals surface area contributed by atoms with Crippen LogP contribution in [0.2, 0.25) is 10.0 Å². The monoisotopic (exact) mass is 524 g/mol. The van der Waals surface area contributed by atoms with Crippen molar-refractivity contribution in [2.24, 2.45) is 0 Å². The molecule has 1 aliphatic heterocycles. The summed E-state index contributed by atoms with van der Waals surface area (Å²) in [6.45, 7) is 4.27. The smallest absolute Gasteiger partial charge is 0.198 e. The van der Waals surface area contributed by atoms with Crippen LogP contribution in [0.25, 0.3) is 0 Å². The molecule has 1 unspecified atom stereocenters. The summed E-state index contributed by atoms with van der Waals surface area (Å²) in [4.78, 5) is 29.0. The summed E-state index contributed by atoms with van der Waals surface area (Å²) in [6, 6.07) is 11.0. The van der Waals surface area contributed by atoms with Gasteiger partial charge >= 0.3 is 0 Å².